The van der Waals surface area contributed by atoms with Crippen molar-refractivity contribution >= 4 is 34.9 Å². The number of nitrogens with zero attached hydrogens (tertiary/aromatic N) is 2. The molecule has 0 saturated carbocycles. The van der Waals surface area contributed by atoms with Crippen LogP contribution in [-0.4, -0.2) is 28.7 Å². The first kappa shape index (κ1) is 19.2. The van der Waals surface area contributed by atoms with Gasteiger partial charge in [0.05, 0.1) is 21.2 Å². The molecule has 1 amide bonds. The number of amides is 1. The van der Waals surface area contributed by atoms with E-state index < -0.39 is 10.8 Å². The molecule has 0 unspecified atom stereocenters. The molecule has 1 heterocycles. The molecule has 1 N–H and O–H groups in total. The summed E-state index contributed by atoms with van der Waals surface area (Å²) in [5.74, 6) is -0.329. The van der Waals surface area contributed by atoms with Crippen LogP contribution in [0, 0.1) is 17.0 Å². The van der Waals surface area contributed by atoms with Gasteiger partial charge in [0, 0.05) is 28.8 Å². The number of nitro benzene ring substituents is 1. The summed E-state index contributed by atoms with van der Waals surface area (Å²) in [5, 5.41) is 16.4. The lowest BCUT2D eigenvalue weighted by Crippen LogP contribution is -2.20. The van der Waals surface area contributed by atoms with Crippen molar-refractivity contribution in [2.45, 2.75) is 6.92 Å². The Kier molecular flexibility index (Phi) is 5.75. The number of aromatic nitrogens is 1. The minimum Gasteiger partial charge on any atom is -0.483 e. The third-order valence-electron chi connectivity index (χ3n) is 3.75. The number of anilines is 1. The molecule has 9 heteroatoms. The average molecular weight is 397 g/mol. The second kappa shape index (κ2) is 8.40. The van der Waals surface area contributed by atoms with Gasteiger partial charge in [-0.15, -0.1) is 11.3 Å². The van der Waals surface area contributed by atoms with Crippen LogP contribution in [0.2, 0.25) is 0 Å². The lowest BCUT2D eigenvalue weighted by molar-refractivity contribution is -0.384. The van der Waals surface area contributed by atoms with E-state index in [1.54, 1.807) is 29.5 Å². The van der Waals surface area contributed by atoms with E-state index in [1.165, 1.54) is 12.1 Å². The first-order chi connectivity index (χ1) is 13.5. The number of ether oxygens (including phenoxy) is 1. The fraction of sp³-hybridized carbons (Fsp3) is 0.105. The Hall–Kier alpha value is -3.59. The molecule has 0 atom stereocenters. The van der Waals surface area contributed by atoms with Gasteiger partial charge in [-0.1, -0.05) is 12.1 Å². The highest BCUT2D eigenvalue weighted by Crippen LogP contribution is 2.25. The maximum Gasteiger partial charge on any atom is 0.270 e. The second-order valence-corrected chi connectivity index (χ2v) is 6.83. The Morgan fingerprint density at radius 1 is 1.32 bits per heavy atom. The van der Waals surface area contributed by atoms with Gasteiger partial charge >= 0.3 is 0 Å². The number of nitrogens with one attached hydrogen (secondary N) is 1. The SMILES string of the molecule is Cc1nc(-c2cccc(NC(=O)COc3ccc([N+](=O)[O-])cc3C=O)c2)cs1. The Labute approximate surface area is 164 Å². The zero-order valence-electron chi connectivity index (χ0n) is 14.7. The van der Waals surface area contributed by atoms with Gasteiger partial charge in [-0.25, -0.2) is 4.98 Å². The predicted octanol–water partition coefficient (Wildman–Crippen LogP) is 3.86. The molecule has 2 aromatic carbocycles. The van der Waals surface area contributed by atoms with Gasteiger partial charge in [0.15, 0.2) is 12.9 Å². The van der Waals surface area contributed by atoms with Crippen LogP contribution in [0.1, 0.15) is 15.4 Å². The van der Waals surface area contributed by atoms with Crippen LogP contribution in [0.15, 0.2) is 47.8 Å². The summed E-state index contributed by atoms with van der Waals surface area (Å²) < 4.78 is 5.34. The molecule has 0 saturated heterocycles. The Morgan fingerprint density at radius 3 is 2.82 bits per heavy atom. The third-order valence-corrected chi connectivity index (χ3v) is 4.52. The first-order valence-corrected chi connectivity index (χ1v) is 9.03. The largest absolute Gasteiger partial charge is 0.483 e. The summed E-state index contributed by atoms with van der Waals surface area (Å²) in [6.07, 6.45) is 0.444. The lowest BCUT2D eigenvalue weighted by Gasteiger charge is -2.09. The summed E-state index contributed by atoms with van der Waals surface area (Å²) in [6, 6.07) is 10.8. The predicted molar refractivity (Wildman–Crippen MR) is 105 cm³/mol. The molecule has 0 aliphatic rings. The van der Waals surface area contributed by atoms with Crippen molar-refractivity contribution in [1.82, 2.24) is 4.98 Å². The van der Waals surface area contributed by atoms with Crippen LogP contribution in [0.3, 0.4) is 0 Å². The van der Waals surface area contributed by atoms with Crippen LogP contribution >= 0.6 is 11.3 Å². The number of nitro groups is 1. The van der Waals surface area contributed by atoms with Crippen molar-refractivity contribution in [3.8, 4) is 17.0 Å². The summed E-state index contributed by atoms with van der Waals surface area (Å²) in [7, 11) is 0. The van der Waals surface area contributed by atoms with Gasteiger partial charge in [-0.3, -0.25) is 19.7 Å². The fourth-order valence-electron chi connectivity index (χ4n) is 2.47. The quantitative estimate of drug-likeness (QED) is 0.368. The summed E-state index contributed by atoms with van der Waals surface area (Å²) >= 11 is 1.54. The van der Waals surface area contributed by atoms with Crippen molar-refractivity contribution in [3.05, 3.63) is 68.5 Å². The third kappa shape index (κ3) is 4.57. The molecule has 0 fully saturated rings. The number of aldehydes is 1. The molecule has 0 spiro atoms. The Morgan fingerprint density at radius 2 is 2.14 bits per heavy atom. The van der Waals surface area contributed by atoms with E-state index in [4.69, 9.17) is 4.74 Å². The summed E-state index contributed by atoms with van der Waals surface area (Å²) in [6.45, 7) is 1.57. The van der Waals surface area contributed by atoms with Crippen LogP contribution in [0.25, 0.3) is 11.3 Å². The highest BCUT2D eigenvalue weighted by Gasteiger charge is 2.13. The minimum absolute atomic E-state index is 0.00268. The molecule has 0 aliphatic heterocycles. The van der Waals surface area contributed by atoms with E-state index in [9.17, 15) is 19.7 Å². The maximum absolute atomic E-state index is 12.2. The van der Waals surface area contributed by atoms with Gasteiger partial charge in [0.2, 0.25) is 0 Å². The van der Waals surface area contributed by atoms with E-state index in [2.05, 4.69) is 10.3 Å². The number of aryl methyl sites for hydroxylation is 1. The number of benzene rings is 2. The van der Waals surface area contributed by atoms with E-state index in [0.29, 0.717) is 12.0 Å². The average Bonchev–Trinajstić information content (AvgIpc) is 3.12. The Bertz CT molecular complexity index is 1050. The first-order valence-electron chi connectivity index (χ1n) is 8.15. The monoisotopic (exact) mass is 397 g/mol. The van der Waals surface area contributed by atoms with Gasteiger partial charge in [-0.2, -0.15) is 0 Å². The standard InChI is InChI=1S/C19H15N3O5S/c1-12-20-17(11-28-12)13-3-2-4-15(7-13)21-19(24)10-27-18-6-5-16(22(25)26)8-14(18)9-23/h2-9,11H,10H2,1H3,(H,21,24). The van der Waals surface area contributed by atoms with Crippen LogP contribution < -0.4 is 10.1 Å². The van der Waals surface area contributed by atoms with Crippen LogP contribution in [0.4, 0.5) is 11.4 Å². The zero-order chi connectivity index (χ0) is 20.1. The number of carbonyl (C=O) groups excluding carboxylic acids is 2. The topological polar surface area (TPSA) is 111 Å². The van der Waals surface area contributed by atoms with Gasteiger partial charge in [-0.05, 0) is 25.1 Å². The maximum atomic E-state index is 12.2. The molecule has 3 aromatic rings. The summed E-state index contributed by atoms with van der Waals surface area (Å²) in [4.78, 5) is 37.8. The molecule has 0 bridgehead atoms. The van der Waals surface area contributed by atoms with E-state index in [0.717, 1.165) is 22.3 Å². The summed E-state index contributed by atoms with van der Waals surface area (Å²) in [5.41, 5.74) is 2.06. The fourth-order valence-corrected chi connectivity index (χ4v) is 3.09. The number of hydrogen-bond donors (Lipinski definition) is 1. The van der Waals surface area contributed by atoms with Crippen LogP contribution in [-0.2, 0) is 4.79 Å². The molecule has 8 nitrogen and oxygen atoms in total. The van der Waals surface area contributed by atoms with Crippen molar-refractivity contribution < 1.29 is 19.2 Å². The van der Waals surface area contributed by atoms with Gasteiger partial charge < -0.3 is 10.1 Å². The zero-order valence-corrected chi connectivity index (χ0v) is 15.6. The molecule has 0 radical (unpaired) electrons. The second-order valence-electron chi connectivity index (χ2n) is 5.77. The molecule has 1 aromatic heterocycles. The Balaban J connectivity index is 1.65. The number of thiazole rings is 1. The van der Waals surface area contributed by atoms with Gasteiger partial charge in [0.1, 0.15) is 5.75 Å². The molecule has 3 rings (SSSR count). The normalized spacial score (nSPS) is 10.3. The molecular weight excluding hydrogens is 382 g/mol. The minimum atomic E-state index is -0.611. The highest BCUT2D eigenvalue weighted by atomic mass is 32.1. The molecule has 0 aliphatic carbocycles. The number of non-ortho nitro benzene ring substituents is 1. The van der Waals surface area contributed by atoms with Crippen LogP contribution in [0.5, 0.6) is 5.75 Å². The highest BCUT2D eigenvalue weighted by molar-refractivity contribution is 7.09. The van der Waals surface area contributed by atoms with Crippen molar-refractivity contribution in [3.63, 3.8) is 0 Å². The number of rotatable bonds is 7. The van der Waals surface area contributed by atoms with E-state index in [1.807, 2.05) is 18.4 Å². The lowest BCUT2D eigenvalue weighted by atomic mass is 10.1. The number of carbonyl (C=O) groups is 2. The van der Waals surface area contributed by atoms with Crippen molar-refractivity contribution in [2.24, 2.45) is 0 Å². The van der Waals surface area contributed by atoms with Gasteiger partial charge in [0.25, 0.3) is 11.6 Å². The van der Waals surface area contributed by atoms with Crippen molar-refractivity contribution in [1.29, 1.82) is 0 Å². The molecule has 142 valence electrons. The molecule has 28 heavy (non-hydrogen) atoms. The van der Waals surface area contributed by atoms with E-state index in [-0.39, 0.29) is 23.6 Å². The number of hydrogen-bond acceptors (Lipinski definition) is 7. The smallest absolute Gasteiger partial charge is 0.270 e. The molecular formula is C19H15N3O5S. The van der Waals surface area contributed by atoms with Crippen molar-refractivity contribution in [2.75, 3.05) is 11.9 Å². The van der Waals surface area contributed by atoms with E-state index >= 15 is 0 Å².